The highest BCUT2D eigenvalue weighted by atomic mass is 32.1. The van der Waals surface area contributed by atoms with E-state index < -0.39 is 5.60 Å². The molecular weight excluding hydrogens is 420 g/mol. The Bertz CT molecular complexity index is 1170. The molecule has 1 aromatic heterocycles. The van der Waals surface area contributed by atoms with E-state index in [4.69, 9.17) is 4.74 Å². The van der Waals surface area contributed by atoms with Crippen molar-refractivity contribution in [3.8, 4) is 5.75 Å². The van der Waals surface area contributed by atoms with Crippen molar-refractivity contribution in [3.05, 3.63) is 93.3 Å². The number of ether oxygens (including phenoxy) is 1. The molecule has 6 heteroatoms. The van der Waals surface area contributed by atoms with Crippen LogP contribution in [0.1, 0.15) is 52.7 Å². The Kier molecular flexibility index (Phi) is 6.15. The number of benzene rings is 2. The van der Waals surface area contributed by atoms with Crippen molar-refractivity contribution >= 4 is 29.2 Å². The van der Waals surface area contributed by atoms with E-state index in [1.54, 1.807) is 12.1 Å². The molecule has 2 aromatic carbocycles. The standard InChI is InChI=1S/C26H26N2O3S/c1-17-9-4-5-11-19(17)24(29)27-21(15-18-10-8-14-32-18)25(30)28-22-16-26(2,3)31-23-13-7-6-12-20(22)23/h4-15,22H,16H2,1-3H3,(H,27,29)(H,28,30)/b21-15-. The van der Waals surface area contributed by atoms with Crippen LogP contribution < -0.4 is 15.4 Å². The molecule has 164 valence electrons. The highest BCUT2D eigenvalue weighted by Crippen LogP contribution is 2.39. The zero-order valence-electron chi connectivity index (χ0n) is 18.3. The van der Waals surface area contributed by atoms with Gasteiger partial charge in [0.2, 0.25) is 0 Å². The molecule has 1 aliphatic heterocycles. The number of thiophene rings is 1. The Morgan fingerprint density at radius 1 is 1.06 bits per heavy atom. The van der Waals surface area contributed by atoms with Crippen molar-refractivity contribution in [3.63, 3.8) is 0 Å². The van der Waals surface area contributed by atoms with Crippen molar-refractivity contribution in [1.29, 1.82) is 0 Å². The second kappa shape index (κ2) is 9.01. The van der Waals surface area contributed by atoms with Crippen LogP contribution in [0.25, 0.3) is 6.08 Å². The summed E-state index contributed by atoms with van der Waals surface area (Å²) in [4.78, 5) is 27.2. The summed E-state index contributed by atoms with van der Waals surface area (Å²) in [6.07, 6.45) is 2.33. The van der Waals surface area contributed by atoms with E-state index in [0.717, 1.165) is 21.8 Å². The summed E-state index contributed by atoms with van der Waals surface area (Å²) in [5.41, 5.74) is 2.10. The molecule has 5 nitrogen and oxygen atoms in total. The third kappa shape index (κ3) is 4.92. The second-order valence-electron chi connectivity index (χ2n) is 8.47. The lowest BCUT2D eigenvalue weighted by atomic mass is 9.89. The first-order valence-electron chi connectivity index (χ1n) is 10.5. The van der Waals surface area contributed by atoms with E-state index in [0.29, 0.717) is 12.0 Å². The van der Waals surface area contributed by atoms with E-state index in [1.165, 1.54) is 11.3 Å². The van der Waals surface area contributed by atoms with E-state index in [9.17, 15) is 9.59 Å². The van der Waals surface area contributed by atoms with Gasteiger partial charge in [0.05, 0.1) is 6.04 Å². The summed E-state index contributed by atoms with van der Waals surface area (Å²) in [6, 6.07) is 18.6. The molecule has 3 aromatic rings. The van der Waals surface area contributed by atoms with Gasteiger partial charge in [0.25, 0.3) is 11.8 Å². The molecule has 0 spiro atoms. The summed E-state index contributed by atoms with van der Waals surface area (Å²) in [5, 5.41) is 7.88. The minimum absolute atomic E-state index is 0.211. The van der Waals surface area contributed by atoms with Crippen molar-refractivity contribution in [2.75, 3.05) is 0 Å². The van der Waals surface area contributed by atoms with Crippen LogP contribution in [-0.4, -0.2) is 17.4 Å². The molecule has 0 aliphatic carbocycles. The molecule has 2 heterocycles. The number of carbonyl (C=O) groups excluding carboxylic acids is 2. The van der Waals surface area contributed by atoms with Crippen LogP contribution in [0.5, 0.6) is 5.75 Å². The molecule has 0 saturated heterocycles. The largest absolute Gasteiger partial charge is 0.487 e. The topological polar surface area (TPSA) is 67.4 Å². The fourth-order valence-corrected chi connectivity index (χ4v) is 4.52. The SMILES string of the molecule is Cc1ccccc1C(=O)N/C(=C\c1cccs1)C(=O)NC1CC(C)(C)Oc2ccccc21. The van der Waals surface area contributed by atoms with Crippen LogP contribution in [0.3, 0.4) is 0 Å². The molecule has 1 atom stereocenters. The van der Waals surface area contributed by atoms with Crippen LogP contribution in [-0.2, 0) is 4.79 Å². The molecule has 2 amide bonds. The molecular formula is C26H26N2O3S. The monoisotopic (exact) mass is 446 g/mol. The third-order valence-corrected chi connectivity index (χ3v) is 6.21. The van der Waals surface area contributed by atoms with Gasteiger partial charge in [-0.1, -0.05) is 42.5 Å². The van der Waals surface area contributed by atoms with Gasteiger partial charge in [-0.25, -0.2) is 0 Å². The van der Waals surface area contributed by atoms with Gasteiger partial charge in [-0.3, -0.25) is 9.59 Å². The average Bonchev–Trinajstić information content (AvgIpc) is 3.26. The number of hydrogen-bond acceptors (Lipinski definition) is 4. The first kappa shape index (κ1) is 21.8. The van der Waals surface area contributed by atoms with E-state index in [-0.39, 0.29) is 23.6 Å². The van der Waals surface area contributed by atoms with Gasteiger partial charge >= 0.3 is 0 Å². The number of para-hydroxylation sites is 1. The lowest BCUT2D eigenvalue weighted by Gasteiger charge is -2.38. The van der Waals surface area contributed by atoms with E-state index in [1.807, 2.05) is 80.7 Å². The number of carbonyl (C=O) groups is 2. The minimum atomic E-state index is -0.422. The van der Waals surface area contributed by atoms with Gasteiger partial charge in [0.1, 0.15) is 17.0 Å². The predicted molar refractivity (Wildman–Crippen MR) is 128 cm³/mol. The minimum Gasteiger partial charge on any atom is -0.487 e. The highest BCUT2D eigenvalue weighted by Gasteiger charge is 2.34. The summed E-state index contributed by atoms with van der Waals surface area (Å²) in [6.45, 7) is 5.88. The maximum absolute atomic E-state index is 13.4. The Balaban J connectivity index is 1.61. The molecule has 0 fully saturated rings. The van der Waals surface area contributed by atoms with Crippen LogP contribution in [0.2, 0.25) is 0 Å². The number of rotatable bonds is 5. The number of nitrogens with one attached hydrogen (secondary N) is 2. The highest BCUT2D eigenvalue weighted by molar-refractivity contribution is 7.10. The van der Waals surface area contributed by atoms with E-state index >= 15 is 0 Å². The fourth-order valence-electron chi connectivity index (χ4n) is 3.86. The van der Waals surface area contributed by atoms with Crippen LogP contribution >= 0.6 is 11.3 Å². The van der Waals surface area contributed by atoms with E-state index in [2.05, 4.69) is 10.6 Å². The van der Waals surface area contributed by atoms with Gasteiger partial charge in [0, 0.05) is 22.4 Å². The maximum Gasteiger partial charge on any atom is 0.268 e. The Morgan fingerprint density at radius 2 is 1.81 bits per heavy atom. The van der Waals surface area contributed by atoms with Gasteiger partial charge < -0.3 is 15.4 Å². The molecule has 1 aliphatic rings. The van der Waals surface area contributed by atoms with Gasteiger partial charge in [-0.05, 0) is 56.0 Å². The van der Waals surface area contributed by atoms with Crippen molar-refractivity contribution in [2.45, 2.75) is 38.8 Å². The molecule has 4 rings (SSSR count). The molecule has 2 N–H and O–H groups in total. The van der Waals surface area contributed by atoms with Gasteiger partial charge in [-0.15, -0.1) is 11.3 Å². The Morgan fingerprint density at radius 3 is 2.56 bits per heavy atom. The second-order valence-corrected chi connectivity index (χ2v) is 9.45. The summed E-state index contributed by atoms with van der Waals surface area (Å²) >= 11 is 1.50. The van der Waals surface area contributed by atoms with Gasteiger partial charge in [-0.2, -0.15) is 0 Å². The Labute approximate surface area is 192 Å². The average molecular weight is 447 g/mol. The smallest absolute Gasteiger partial charge is 0.268 e. The molecule has 1 unspecified atom stereocenters. The fraction of sp³-hybridized carbons (Fsp3) is 0.231. The number of aryl methyl sites for hydroxylation is 1. The zero-order chi connectivity index (χ0) is 22.7. The molecule has 0 bridgehead atoms. The normalized spacial score (nSPS) is 17.1. The number of amides is 2. The molecule has 0 saturated carbocycles. The predicted octanol–water partition coefficient (Wildman–Crippen LogP) is 5.25. The maximum atomic E-state index is 13.4. The molecule has 32 heavy (non-hydrogen) atoms. The van der Waals surface area contributed by atoms with Gasteiger partial charge in [0.15, 0.2) is 0 Å². The van der Waals surface area contributed by atoms with Crippen molar-refractivity contribution in [1.82, 2.24) is 10.6 Å². The summed E-state index contributed by atoms with van der Waals surface area (Å²) in [7, 11) is 0. The quantitative estimate of drug-likeness (QED) is 0.526. The summed E-state index contributed by atoms with van der Waals surface area (Å²) < 4.78 is 6.08. The van der Waals surface area contributed by atoms with Crippen LogP contribution in [0.15, 0.2) is 71.7 Å². The lowest BCUT2D eigenvalue weighted by molar-refractivity contribution is -0.119. The lowest BCUT2D eigenvalue weighted by Crippen LogP contribution is -2.43. The van der Waals surface area contributed by atoms with Crippen molar-refractivity contribution in [2.24, 2.45) is 0 Å². The first-order chi connectivity index (χ1) is 15.3. The molecule has 0 radical (unpaired) electrons. The summed E-state index contributed by atoms with van der Waals surface area (Å²) in [5.74, 6) is 0.119. The van der Waals surface area contributed by atoms with Crippen LogP contribution in [0, 0.1) is 6.92 Å². The first-order valence-corrected chi connectivity index (χ1v) is 11.4. The van der Waals surface area contributed by atoms with Crippen molar-refractivity contribution < 1.29 is 14.3 Å². The Hall–Kier alpha value is -3.38. The third-order valence-electron chi connectivity index (χ3n) is 5.39. The van der Waals surface area contributed by atoms with Crippen LogP contribution in [0.4, 0.5) is 0 Å². The zero-order valence-corrected chi connectivity index (χ0v) is 19.2. The number of fused-ring (bicyclic) bond motifs is 1. The number of hydrogen-bond donors (Lipinski definition) is 2.